The predicted molar refractivity (Wildman–Crippen MR) is 122 cm³/mol. The summed E-state index contributed by atoms with van der Waals surface area (Å²) in [6, 6.07) is 26.5. The maximum Gasteiger partial charge on any atom is 0.119 e. The average Bonchev–Trinajstić information content (AvgIpc) is 2.80. The van der Waals surface area contributed by atoms with Crippen LogP contribution in [0.1, 0.15) is 16.7 Å². The minimum atomic E-state index is 0.580. The second kappa shape index (κ2) is 10.3. The van der Waals surface area contributed by atoms with Crippen LogP contribution < -0.4 is 9.64 Å². The third-order valence-corrected chi connectivity index (χ3v) is 5.56. The van der Waals surface area contributed by atoms with E-state index in [1.165, 1.54) is 11.1 Å². The Hall–Kier alpha value is -2.82. The summed E-state index contributed by atoms with van der Waals surface area (Å²) in [5.74, 6) is 0.871. The lowest BCUT2D eigenvalue weighted by molar-refractivity contribution is -0.918. The second-order valence-electron chi connectivity index (χ2n) is 7.59. The van der Waals surface area contributed by atoms with E-state index in [2.05, 4.69) is 34.4 Å². The number of halogens is 1. The van der Waals surface area contributed by atoms with Gasteiger partial charge in [0.25, 0.3) is 0 Å². The number of benzene rings is 3. The van der Waals surface area contributed by atoms with Crippen LogP contribution in [-0.4, -0.2) is 37.4 Å². The molecule has 1 aliphatic rings. The smallest absolute Gasteiger partial charge is 0.119 e. The lowest BCUT2D eigenvalue weighted by Crippen LogP contribution is -3.13. The van der Waals surface area contributed by atoms with Crippen molar-refractivity contribution >= 4 is 17.8 Å². The Balaban J connectivity index is 1.22. The molecule has 1 saturated heterocycles. The topological polar surface area (TPSA) is 29.3 Å². The van der Waals surface area contributed by atoms with Crippen molar-refractivity contribution in [2.45, 2.75) is 13.2 Å². The highest BCUT2D eigenvalue weighted by molar-refractivity contribution is 6.30. The fourth-order valence-corrected chi connectivity index (χ4v) is 3.66. The Morgan fingerprint density at radius 2 is 1.57 bits per heavy atom. The molecule has 4 rings (SSSR count). The SMILES string of the molecule is Clc1ccc(C[NH+]2CCN(/N=C\c3ccc(OCc4ccccc4)cc3)CC2)cc1. The standard InChI is InChI=1S/C25H26ClN3O/c26-24-10-6-22(7-11-24)19-28-14-16-29(17-15-28)27-18-21-8-12-25(13-9-21)30-20-23-4-2-1-3-5-23/h1-13,18H,14-17,19-20H2/p+1/b27-18-. The Bertz CT molecular complexity index is 934. The monoisotopic (exact) mass is 420 g/mol. The fraction of sp³-hybridized carbons (Fsp3) is 0.240. The molecule has 1 aliphatic heterocycles. The lowest BCUT2D eigenvalue weighted by atomic mass is 10.2. The fourth-order valence-electron chi connectivity index (χ4n) is 3.53. The molecular formula is C25H27ClN3O+. The van der Waals surface area contributed by atoms with Crippen LogP contribution >= 0.6 is 11.6 Å². The molecule has 0 saturated carbocycles. The summed E-state index contributed by atoms with van der Waals surface area (Å²) in [7, 11) is 0. The first-order chi connectivity index (χ1) is 14.7. The quantitative estimate of drug-likeness (QED) is 0.591. The molecule has 0 unspecified atom stereocenters. The van der Waals surface area contributed by atoms with Crippen LogP contribution in [0.15, 0.2) is 84.0 Å². The molecule has 5 heteroatoms. The van der Waals surface area contributed by atoms with Crippen LogP contribution in [0.25, 0.3) is 0 Å². The molecule has 0 aliphatic carbocycles. The second-order valence-corrected chi connectivity index (χ2v) is 8.03. The number of quaternary nitrogens is 1. The van der Waals surface area contributed by atoms with E-state index in [-0.39, 0.29) is 0 Å². The highest BCUT2D eigenvalue weighted by Gasteiger charge is 2.18. The van der Waals surface area contributed by atoms with Gasteiger partial charge in [-0.2, -0.15) is 5.10 Å². The van der Waals surface area contributed by atoms with Gasteiger partial charge in [-0.1, -0.05) is 54.1 Å². The summed E-state index contributed by atoms with van der Waals surface area (Å²) in [5.41, 5.74) is 3.58. The highest BCUT2D eigenvalue weighted by Crippen LogP contribution is 2.14. The molecule has 0 spiro atoms. The van der Waals surface area contributed by atoms with E-state index in [4.69, 9.17) is 16.3 Å². The number of ether oxygens (including phenoxy) is 1. The van der Waals surface area contributed by atoms with Crippen LogP contribution in [0.2, 0.25) is 5.02 Å². The first kappa shape index (κ1) is 20.5. The number of piperazine rings is 1. The summed E-state index contributed by atoms with van der Waals surface area (Å²) in [6.45, 7) is 5.74. The van der Waals surface area contributed by atoms with E-state index in [1.54, 1.807) is 4.90 Å². The molecule has 0 bridgehead atoms. The first-order valence-electron chi connectivity index (χ1n) is 10.4. The molecule has 0 aromatic heterocycles. The molecule has 0 radical (unpaired) electrons. The van der Waals surface area contributed by atoms with Gasteiger partial charge >= 0.3 is 0 Å². The Morgan fingerprint density at radius 1 is 0.867 bits per heavy atom. The Kier molecular flexibility index (Phi) is 7.01. The zero-order chi connectivity index (χ0) is 20.6. The number of nitrogens with one attached hydrogen (secondary N) is 1. The van der Waals surface area contributed by atoms with Crippen molar-refractivity contribution in [1.29, 1.82) is 0 Å². The van der Waals surface area contributed by atoms with Crippen molar-refractivity contribution in [2.24, 2.45) is 5.10 Å². The predicted octanol–water partition coefficient (Wildman–Crippen LogP) is 3.65. The van der Waals surface area contributed by atoms with Crippen molar-refractivity contribution in [1.82, 2.24) is 5.01 Å². The van der Waals surface area contributed by atoms with Gasteiger partial charge in [0.05, 0.1) is 32.4 Å². The summed E-state index contributed by atoms with van der Waals surface area (Å²) in [4.78, 5) is 1.59. The van der Waals surface area contributed by atoms with Crippen LogP contribution in [0.5, 0.6) is 5.75 Å². The molecule has 1 N–H and O–H groups in total. The lowest BCUT2D eigenvalue weighted by Gasteiger charge is -2.30. The largest absolute Gasteiger partial charge is 0.489 e. The Labute approximate surface area is 183 Å². The van der Waals surface area contributed by atoms with Crippen molar-refractivity contribution in [3.63, 3.8) is 0 Å². The van der Waals surface area contributed by atoms with Gasteiger partial charge in [-0.05, 0) is 47.5 Å². The third kappa shape index (κ3) is 6.09. The molecule has 0 atom stereocenters. The van der Waals surface area contributed by atoms with E-state index in [0.717, 1.165) is 49.1 Å². The van der Waals surface area contributed by atoms with E-state index in [1.807, 2.05) is 60.8 Å². The first-order valence-corrected chi connectivity index (χ1v) is 10.8. The van der Waals surface area contributed by atoms with E-state index < -0.39 is 0 Å². The average molecular weight is 421 g/mol. The summed E-state index contributed by atoms with van der Waals surface area (Å²) in [6.07, 6.45) is 1.94. The number of rotatable bonds is 7. The zero-order valence-corrected chi connectivity index (χ0v) is 17.8. The molecule has 30 heavy (non-hydrogen) atoms. The molecule has 1 heterocycles. The molecule has 3 aromatic carbocycles. The molecule has 3 aromatic rings. The minimum absolute atomic E-state index is 0.580. The van der Waals surface area contributed by atoms with Gasteiger partial charge < -0.3 is 9.64 Å². The van der Waals surface area contributed by atoms with Gasteiger partial charge in [0, 0.05) is 10.6 Å². The van der Waals surface area contributed by atoms with Gasteiger partial charge in [-0.15, -0.1) is 0 Å². The summed E-state index contributed by atoms with van der Waals surface area (Å²) >= 11 is 5.97. The van der Waals surface area contributed by atoms with E-state index in [9.17, 15) is 0 Å². The van der Waals surface area contributed by atoms with E-state index in [0.29, 0.717) is 6.61 Å². The van der Waals surface area contributed by atoms with Crippen LogP contribution in [0.4, 0.5) is 0 Å². The van der Waals surface area contributed by atoms with Gasteiger partial charge in [-0.25, -0.2) is 0 Å². The van der Waals surface area contributed by atoms with Gasteiger partial charge in [0.1, 0.15) is 18.9 Å². The number of nitrogens with zero attached hydrogens (tertiary/aromatic N) is 2. The van der Waals surface area contributed by atoms with Crippen molar-refractivity contribution in [3.8, 4) is 5.75 Å². The minimum Gasteiger partial charge on any atom is -0.489 e. The van der Waals surface area contributed by atoms with Gasteiger partial charge in [0.2, 0.25) is 0 Å². The van der Waals surface area contributed by atoms with Crippen molar-refractivity contribution in [3.05, 3.63) is 101 Å². The Morgan fingerprint density at radius 3 is 2.27 bits per heavy atom. The molecule has 0 amide bonds. The van der Waals surface area contributed by atoms with Crippen molar-refractivity contribution in [2.75, 3.05) is 26.2 Å². The van der Waals surface area contributed by atoms with Crippen LogP contribution in [0.3, 0.4) is 0 Å². The number of hydrogen-bond acceptors (Lipinski definition) is 3. The summed E-state index contributed by atoms with van der Waals surface area (Å²) in [5, 5.41) is 7.62. The maximum atomic E-state index is 5.97. The third-order valence-electron chi connectivity index (χ3n) is 5.31. The number of hydrazone groups is 1. The number of hydrogen-bond donors (Lipinski definition) is 1. The normalized spacial score (nSPS) is 14.9. The summed E-state index contributed by atoms with van der Waals surface area (Å²) < 4.78 is 5.84. The van der Waals surface area contributed by atoms with Crippen LogP contribution in [-0.2, 0) is 13.2 Å². The molecule has 154 valence electrons. The molecule has 4 nitrogen and oxygen atoms in total. The molecule has 1 fully saturated rings. The van der Waals surface area contributed by atoms with Crippen LogP contribution in [0, 0.1) is 0 Å². The van der Waals surface area contributed by atoms with E-state index >= 15 is 0 Å². The zero-order valence-electron chi connectivity index (χ0n) is 17.0. The molecular weight excluding hydrogens is 394 g/mol. The highest BCUT2D eigenvalue weighted by atomic mass is 35.5. The van der Waals surface area contributed by atoms with Gasteiger partial charge in [-0.3, -0.25) is 5.01 Å². The van der Waals surface area contributed by atoms with Gasteiger partial charge in [0.15, 0.2) is 0 Å². The maximum absolute atomic E-state index is 5.97. The van der Waals surface area contributed by atoms with Crippen molar-refractivity contribution < 1.29 is 9.64 Å².